The second-order valence-corrected chi connectivity index (χ2v) is 7.36. The fraction of sp³-hybridized carbons (Fsp3) is 0.318. The molecular formula is C22H22FN3O3. The number of rotatable bonds is 7. The highest BCUT2D eigenvalue weighted by atomic mass is 19.1. The summed E-state index contributed by atoms with van der Waals surface area (Å²) in [5.41, 5.74) is 2.77. The fourth-order valence-corrected chi connectivity index (χ4v) is 3.68. The Morgan fingerprint density at radius 1 is 1.31 bits per heavy atom. The molecule has 0 spiro atoms. The minimum Gasteiger partial charge on any atom is -0.480 e. The first-order chi connectivity index (χ1) is 14.0. The van der Waals surface area contributed by atoms with Crippen LogP contribution >= 0.6 is 0 Å². The third kappa shape index (κ3) is 3.85. The molecule has 1 aliphatic rings. The van der Waals surface area contributed by atoms with Crippen molar-refractivity contribution in [3.05, 3.63) is 54.1 Å². The van der Waals surface area contributed by atoms with E-state index in [1.165, 1.54) is 12.1 Å². The number of hydrogen-bond acceptors (Lipinski definition) is 3. The van der Waals surface area contributed by atoms with E-state index in [-0.39, 0.29) is 18.4 Å². The molecule has 3 aromatic rings. The summed E-state index contributed by atoms with van der Waals surface area (Å²) in [5, 5.41) is 9.83. The van der Waals surface area contributed by atoms with Crippen molar-refractivity contribution in [2.75, 3.05) is 6.54 Å². The van der Waals surface area contributed by atoms with E-state index in [1.807, 2.05) is 24.0 Å². The maximum absolute atomic E-state index is 14.0. The van der Waals surface area contributed by atoms with Crippen molar-refractivity contribution in [3.63, 3.8) is 0 Å². The van der Waals surface area contributed by atoms with Crippen LogP contribution < -0.4 is 0 Å². The lowest BCUT2D eigenvalue weighted by Gasteiger charge is -2.22. The zero-order valence-corrected chi connectivity index (χ0v) is 16.1. The first-order valence-electron chi connectivity index (χ1n) is 9.71. The lowest BCUT2D eigenvalue weighted by molar-refractivity contribution is -0.137. The fourth-order valence-electron chi connectivity index (χ4n) is 3.68. The number of carbonyl (C=O) groups excluding carboxylic acids is 1. The molecule has 1 aromatic carbocycles. The minimum absolute atomic E-state index is 0.127. The van der Waals surface area contributed by atoms with Crippen LogP contribution in [0.2, 0.25) is 0 Å². The maximum atomic E-state index is 14.0. The van der Waals surface area contributed by atoms with E-state index in [2.05, 4.69) is 4.98 Å². The standard InChI is InChI=1S/C22H22FN3O3/c1-2-25(22(29)14-5-6-14)11-15-4-3-9-24-21(15)18-12-26(13-20(27)28)19-8-7-16(23)10-17(18)19/h3-4,7-10,12,14H,2,5-6,11,13H2,1H3,(H,27,28). The summed E-state index contributed by atoms with van der Waals surface area (Å²) in [6.07, 6.45) is 5.23. The molecule has 0 radical (unpaired) electrons. The molecule has 0 bridgehead atoms. The number of aliphatic carboxylic acids is 1. The number of carboxylic acid groups (broad SMARTS) is 1. The molecule has 0 atom stereocenters. The van der Waals surface area contributed by atoms with Crippen LogP contribution in [0.1, 0.15) is 25.3 Å². The third-order valence-corrected chi connectivity index (χ3v) is 5.28. The van der Waals surface area contributed by atoms with E-state index in [0.29, 0.717) is 35.2 Å². The number of amides is 1. The zero-order chi connectivity index (χ0) is 20.5. The summed E-state index contributed by atoms with van der Waals surface area (Å²) >= 11 is 0. The highest BCUT2D eigenvalue weighted by Crippen LogP contribution is 2.34. The van der Waals surface area contributed by atoms with Crippen LogP contribution in [0.5, 0.6) is 0 Å². The summed E-state index contributed by atoms with van der Waals surface area (Å²) in [6.45, 7) is 2.73. The SMILES string of the molecule is CCN(Cc1cccnc1-c1cn(CC(=O)O)c2ccc(F)cc12)C(=O)C1CC1. The van der Waals surface area contributed by atoms with Gasteiger partial charge in [0.1, 0.15) is 12.4 Å². The van der Waals surface area contributed by atoms with Crippen LogP contribution in [0.25, 0.3) is 22.2 Å². The predicted molar refractivity (Wildman–Crippen MR) is 107 cm³/mol. The number of fused-ring (bicyclic) bond motifs is 1. The summed E-state index contributed by atoms with van der Waals surface area (Å²) in [5.74, 6) is -1.10. The van der Waals surface area contributed by atoms with E-state index in [4.69, 9.17) is 0 Å². The molecule has 0 aliphatic heterocycles. The molecule has 2 aromatic heterocycles. The van der Waals surface area contributed by atoms with Gasteiger partial charge < -0.3 is 14.6 Å². The van der Waals surface area contributed by atoms with E-state index in [1.54, 1.807) is 23.0 Å². The minimum atomic E-state index is -0.980. The smallest absolute Gasteiger partial charge is 0.323 e. The molecule has 7 heteroatoms. The summed E-state index contributed by atoms with van der Waals surface area (Å²) < 4.78 is 15.6. The average molecular weight is 395 g/mol. The van der Waals surface area contributed by atoms with Gasteiger partial charge in [0.15, 0.2) is 0 Å². The van der Waals surface area contributed by atoms with E-state index in [0.717, 1.165) is 18.4 Å². The Morgan fingerprint density at radius 2 is 2.10 bits per heavy atom. The Labute approximate surface area is 167 Å². The Bertz CT molecular complexity index is 1090. The molecule has 1 amide bonds. The highest BCUT2D eigenvalue weighted by Gasteiger charge is 2.33. The van der Waals surface area contributed by atoms with Gasteiger partial charge in [-0.15, -0.1) is 0 Å². The molecule has 6 nitrogen and oxygen atoms in total. The van der Waals surface area contributed by atoms with Crippen LogP contribution in [0, 0.1) is 11.7 Å². The second kappa shape index (κ2) is 7.66. The number of halogens is 1. The molecule has 150 valence electrons. The van der Waals surface area contributed by atoms with Crippen molar-refractivity contribution < 1.29 is 19.1 Å². The Hall–Kier alpha value is -3.22. The van der Waals surface area contributed by atoms with Crippen LogP contribution in [0.4, 0.5) is 4.39 Å². The molecule has 1 N–H and O–H groups in total. The lowest BCUT2D eigenvalue weighted by Crippen LogP contribution is -2.31. The van der Waals surface area contributed by atoms with E-state index < -0.39 is 11.8 Å². The van der Waals surface area contributed by atoms with E-state index >= 15 is 0 Å². The molecule has 2 heterocycles. The average Bonchev–Trinajstić information content (AvgIpc) is 3.49. The second-order valence-electron chi connectivity index (χ2n) is 7.36. The Morgan fingerprint density at radius 3 is 2.79 bits per heavy atom. The maximum Gasteiger partial charge on any atom is 0.323 e. The van der Waals surface area contributed by atoms with Gasteiger partial charge in [0.05, 0.1) is 5.69 Å². The quantitative estimate of drug-likeness (QED) is 0.662. The number of hydrogen-bond donors (Lipinski definition) is 1. The van der Waals surface area contributed by atoms with Crippen molar-refractivity contribution in [1.29, 1.82) is 0 Å². The van der Waals surface area contributed by atoms with Gasteiger partial charge in [-0.3, -0.25) is 14.6 Å². The summed E-state index contributed by atoms with van der Waals surface area (Å²) in [4.78, 5) is 30.1. The molecule has 1 aliphatic carbocycles. The van der Waals surface area contributed by atoms with Gasteiger partial charge in [-0.05, 0) is 49.6 Å². The Balaban J connectivity index is 1.79. The number of pyridine rings is 1. The third-order valence-electron chi connectivity index (χ3n) is 5.28. The zero-order valence-electron chi connectivity index (χ0n) is 16.1. The number of carbonyl (C=O) groups is 2. The predicted octanol–water partition coefficient (Wildman–Crippen LogP) is 3.69. The van der Waals surface area contributed by atoms with Crippen LogP contribution in [-0.4, -0.2) is 38.0 Å². The molecular weight excluding hydrogens is 373 g/mol. The largest absolute Gasteiger partial charge is 0.480 e. The monoisotopic (exact) mass is 395 g/mol. The molecule has 1 saturated carbocycles. The van der Waals surface area contributed by atoms with Gasteiger partial charge in [0.2, 0.25) is 5.91 Å². The Kier molecular flexibility index (Phi) is 5.05. The number of aromatic nitrogens is 2. The van der Waals surface area contributed by atoms with Crippen molar-refractivity contribution in [3.8, 4) is 11.3 Å². The van der Waals surface area contributed by atoms with Crippen LogP contribution in [0.15, 0.2) is 42.7 Å². The van der Waals surface area contributed by atoms with Gasteiger partial charge in [-0.1, -0.05) is 6.07 Å². The van der Waals surface area contributed by atoms with Crippen molar-refractivity contribution in [2.45, 2.75) is 32.9 Å². The lowest BCUT2D eigenvalue weighted by atomic mass is 10.0. The van der Waals surface area contributed by atoms with Gasteiger partial charge in [0.25, 0.3) is 0 Å². The first-order valence-corrected chi connectivity index (χ1v) is 9.71. The molecule has 1 fully saturated rings. The first kappa shape index (κ1) is 19.1. The van der Waals surface area contributed by atoms with Gasteiger partial charge >= 0.3 is 5.97 Å². The van der Waals surface area contributed by atoms with Gasteiger partial charge in [0, 0.05) is 47.9 Å². The molecule has 0 unspecified atom stereocenters. The topological polar surface area (TPSA) is 75.4 Å². The summed E-state index contributed by atoms with van der Waals surface area (Å²) in [6, 6.07) is 8.01. The number of carboxylic acids is 1. The molecule has 0 saturated heterocycles. The normalized spacial score (nSPS) is 13.6. The molecule has 4 rings (SSSR count). The van der Waals surface area contributed by atoms with Crippen LogP contribution in [0.3, 0.4) is 0 Å². The number of benzene rings is 1. The van der Waals surface area contributed by atoms with Gasteiger partial charge in [-0.2, -0.15) is 0 Å². The number of nitrogens with zero attached hydrogens (tertiary/aromatic N) is 3. The van der Waals surface area contributed by atoms with Crippen molar-refractivity contribution >= 4 is 22.8 Å². The summed E-state index contributed by atoms with van der Waals surface area (Å²) in [7, 11) is 0. The van der Waals surface area contributed by atoms with Crippen LogP contribution in [-0.2, 0) is 22.7 Å². The van der Waals surface area contributed by atoms with E-state index in [9.17, 15) is 19.1 Å². The van der Waals surface area contributed by atoms with Crippen molar-refractivity contribution in [2.24, 2.45) is 5.92 Å². The van der Waals surface area contributed by atoms with Gasteiger partial charge in [-0.25, -0.2) is 4.39 Å². The highest BCUT2D eigenvalue weighted by molar-refractivity contribution is 5.96. The molecule has 29 heavy (non-hydrogen) atoms. The van der Waals surface area contributed by atoms with Crippen molar-refractivity contribution in [1.82, 2.24) is 14.5 Å².